The molecule has 0 amide bonds. The van der Waals surface area contributed by atoms with Crippen LogP contribution in [0.15, 0.2) is 23.2 Å². The quantitative estimate of drug-likeness (QED) is 0.269. The zero-order valence-corrected chi connectivity index (χ0v) is 22.1. The molecule has 1 fully saturated rings. The molecule has 0 spiro atoms. The van der Waals surface area contributed by atoms with E-state index in [4.69, 9.17) is 14.5 Å². The van der Waals surface area contributed by atoms with E-state index in [0.29, 0.717) is 13.2 Å². The van der Waals surface area contributed by atoms with E-state index in [9.17, 15) is 0 Å². The highest BCUT2D eigenvalue weighted by atomic mass is 127. The van der Waals surface area contributed by atoms with Gasteiger partial charge in [-0.2, -0.15) is 0 Å². The fraction of sp³-hybridized carbons (Fsp3) is 0.565. The second kappa shape index (κ2) is 13.2. The molecule has 1 atom stereocenters. The maximum atomic E-state index is 6.11. The molecular formula is C23H35IN4O2S. The lowest BCUT2D eigenvalue weighted by atomic mass is 10.1. The van der Waals surface area contributed by atoms with Crippen LogP contribution in [-0.2, 0) is 17.7 Å². The Morgan fingerprint density at radius 2 is 2.13 bits per heavy atom. The Morgan fingerprint density at radius 3 is 2.81 bits per heavy atom. The van der Waals surface area contributed by atoms with Crippen molar-refractivity contribution in [3.63, 3.8) is 0 Å². The Balaban J connectivity index is 0.00000341. The van der Waals surface area contributed by atoms with Gasteiger partial charge in [-0.3, -0.25) is 0 Å². The Hall–Kier alpha value is -1.39. The van der Waals surface area contributed by atoms with Gasteiger partial charge in [0.05, 0.1) is 23.4 Å². The van der Waals surface area contributed by atoms with Crippen LogP contribution >= 0.6 is 35.3 Å². The topological polar surface area (TPSA) is 67.8 Å². The van der Waals surface area contributed by atoms with Gasteiger partial charge in [-0.15, -0.1) is 35.3 Å². The average molecular weight is 559 g/mol. The standard InChI is InChI=1S/C23H34N4O2S.HI/c1-5-24-23(25-11-10-22-17(3)27-18(4)30-22)26-14-19-9-8-16(2)13-21(19)29-15-20-7-6-12-28-20;/h8-9,13,20H,5-7,10-12,14-15H2,1-4H3,(H2,24,25,26);1H. The van der Waals surface area contributed by atoms with Crippen LogP contribution in [0.5, 0.6) is 5.75 Å². The molecule has 0 aliphatic carbocycles. The first-order valence-electron chi connectivity index (χ1n) is 10.8. The molecule has 2 heterocycles. The van der Waals surface area contributed by atoms with Crippen molar-refractivity contribution >= 4 is 41.3 Å². The van der Waals surface area contributed by atoms with Gasteiger partial charge in [0.1, 0.15) is 12.4 Å². The van der Waals surface area contributed by atoms with Crippen LogP contribution in [0.3, 0.4) is 0 Å². The molecule has 1 aromatic heterocycles. The lowest BCUT2D eigenvalue weighted by molar-refractivity contribution is 0.0676. The number of nitrogens with one attached hydrogen (secondary N) is 2. The first-order chi connectivity index (χ1) is 14.5. The number of nitrogens with zero attached hydrogens (tertiary/aromatic N) is 2. The number of aryl methyl sites for hydroxylation is 3. The predicted octanol–water partition coefficient (Wildman–Crippen LogP) is 4.54. The number of aliphatic imine (C=N–C) groups is 1. The summed E-state index contributed by atoms with van der Waals surface area (Å²) in [4.78, 5) is 10.6. The van der Waals surface area contributed by atoms with Gasteiger partial charge < -0.3 is 20.1 Å². The number of aromatic nitrogens is 1. The summed E-state index contributed by atoms with van der Waals surface area (Å²) in [7, 11) is 0. The van der Waals surface area contributed by atoms with E-state index in [2.05, 4.69) is 61.5 Å². The van der Waals surface area contributed by atoms with E-state index in [1.54, 1.807) is 11.3 Å². The van der Waals surface area contributed by atoms with Crippen LogP contribution in [0.1, 0.15) is 46.5 Å². The molecule has 0 saturated carbocycles. The van der Waals surface area contributed by atoms with Crippen LogP contribution in [-0.4, -0.2) is 43.4 Å². The summed E-state index contributed by atoms with van der Waals surface area (Å²) < 4.78 is 11.8. The zero-order chi connectivity index (χ0) is 21.3. The molecular weight excluding hydrogens is 523 g/mol. The van der Waals surface area contributed by atoms with Gasteiger partial charge in [0.2, 0.25) is 0 Å². The summed E-state index contributed by atoms with van der Waals surface area (Å²) in [5, 5.41) is 7.90. The van der Waals surface area contributed by atoms with E-state index in [0.717, 1.165) is 66.9 Å². The molecule has 2 aromatic rings. The average Bonchev–Trinajstić information content (AvgIpc) is 3.34. The highest BCUT2D eigenvalue weighted by molar-refractivity contribution is 14.0. The summed E-state index contributed by atoms with van der Waals surface area (Å²) >= 11 is 1.77. The summed E-state index contributed by atoms with van der Waals surface area (Å²) in [5.74, 6) is 1.72. The van der Waals surface area contributed by atoms with E-state index in [-0.39, 0.29) is 30.1 Å². The lowest BCUT2D eigenvalue weighted by Crippen LogP contribution is -2.38. The SMILES string of the molecule is CCNC(=NCc1ccc(C)cc1OCC1CCCO1)NCCc1sc(C)nc1C.I. The van der Waals surface area contributed by atoms with Crippen molar-refractivity contribution in [2.45, 2.75) is 59.6 Å². The first kappa shape index (κ1) is 25.9. The minimum absolute atomic E-state index is 0. The van der Waals surface area contributed by atoms with Crippen LogP contribution in [0.2, 0.25) is 0 Å². The number of hydrogen-bond acceptors (Lipinski definition) is 5. The smallest absolute Gasteiger partial charge is 0.191 e. The Labute approximate surface area is 207 Å². The van der Waals surface area contributed by atoms with E-state index in [1.165, 1.54) is 10.4 Å². The third-order valence-corrected chi connectivity index (χ3v) is 6.20. The third kappa shape index (κ3) is 8.23. The summed E-state index contributed by atoms with van der Waals surface area (Å²) in [6.07, 6.45) is 3.35. The highest BCUT2D eigenvalue weighted by Crippen LogP contribution is 2.23. The molecule has 1 saturated heterocycles. The molecule has 3 rings (SSSR count). The minimum atomic E-state index is 0. The van der Waals surface area contributed by atoms with E-state index < -0.39 is 0 Å². The van der Waals surface area contributed by atoms with Crippen molar-refractivity contribution in [3.8, 4) is 5.75 Å². The number of halogens is 1. The number of ether oxygens (including phenoxy) is 2. The summed E-state index contributed by atoms with van der Waals surface area (Å²) in [5.41, 5.74) is 3.41. The van der Waals surface area contributed by atoms with Crippen molar-refractivity contribution in [1.82, 2.24) is 15.6 Å². The van der Waals surface area contributed by atoms with Gasteiger partial charge in [0, 0.05) is 36.6 Å². The second-order valence-electron chi connectivity index (χ2n) is 7.67. The molecule has 1 unspecified atom stereocenters. The lowest BCUT2D eigenvalue weighted by Gasteiger charge is -2.15. The van der Waals surface area contributed by atoms with Crippen molar-refractivity contribution in [2.24, 2.45) is 4.99 Å². The molecule has 1 aromatic carbocycles. The van der Waals surface area contributed by atoms with Gasteiger partial charge in [-0.25, -0.2) is 9.98 Å². The van der Waals surface area contributed by atoms with Gasteiger partial charge in [0.15, 0.2) is 5.96 Å². The van der Waals surface area contributed by atoms with Gasteiger partial charge in [-0.05, 0) is 52.2 Å². The molecule has 172 valence electrons. The van der Waals surface area contributed by atoms with Gasteiger partial charge >= 0.3 is 0 Å². The predicted molar refractivity (Wildman–Crippen MR) is 139 cm³/mol. The van der Waals surface area contributed by atoms with Gasteiger partial charge in [-0.1, -0.05) is 12.1 Å². The molecule has 31 heavy (non-hydrogen) atoms. The number of thiazole rings is 1. The maximum absolute atomic E-state index is 6.11. The monoisotopic (exact) mass is 558 g/mol. The molecule has 2 N–H and O–H groups in total. The normalized spacial score (nSPS) is 16.1. The number of guanidine groups is 1. The Morgan fingerprint density at radius 1 is 1.29 bits per heavy atom. The van der Waals surface area contributed by atoms with Crippen molar-refractivity contribution in [2.75, 3.05) is 26.3 Å². The van der Waals surface area contributed by atoms with E-state index >= 15 is 0 Å². The van der Waals surface area contributed by atoms with E-state index in [1.807, 2.05) is 0 Å². The molecule has 0 radical (unpaired) electrons. The second-order valence-corrected chi connectivity index (χ2v) is 8.96. The molecule has 0 bridgehead atoms. The summed E-state index contributed by atoms with van der Waals surface area (Å²) in [6.45, 7) is 12.0. The van der Waals surface area contributed by atoms with Crippen molar-refractivity contribution in [1.29, 1.82) is 0 Å². The fourth-order valence-electron chi connectivity index (χ4n) is 3.49. The Kier molecular flexibility index (Phi) is 11.0. The van der Waals surface area contributed by atoms with Crippen LogP contribution in [0, 0.1) is 20.8 Å². The van der Waals surface area contributed by atoms with Crippen LogP contribution in [0.4, 0.5) is 0 Å². The number of benzene rings is 1. The zero-order valence-electron chi connectivity index (χ0n) is 19.0. The number of hydrogen-bond donors (Lipinski definition) is 2. The molecule has 6 nitrogen and oxygen atoms in total. The van der Waals surface area contributed by atoms with Gasteiger partial charge in [0.25, 0.3) is 0 Å². The van der Waals surface area contributed by atoms with Crippen molar-refractivity contribution in [3.05, 3.63) is 44.9 Å². The summed E-state index contributed by atoms with van der Waals surface area (Å²) in [6, 6.07) is 6.31. The Bertz CT molecular complexity index is 850. The minimum Gasteiger partial charge on any atom is -0.491 e. The first-order valence-corrected chi connectivity index (χ1v) is 11.7. The third-order valence-electron chi connectivity index (χ3n) is 5.07. The molecule has 1 aliphatic heterocycles. The maximum Gasteiger partial charge on any atom is 0.191 e. The number of rotatable bonds is 9. The van der Waals surface area contributed by atoms with Crippen LogP contribution in [0.25, 0.3) is 0 Å². The van der Waals surface area contributed by atoms with Crippen molar-refractivity contribution < 1.29 is 9.47 Å². The fourth-order valence-corrected chi connectivity index (χ4v) is 4.43. The molecule has 1 aliphatic rings. The molecule has 8 heteroatoms. The largest absolute Gasteiger partial charge is 0.491 e. The highest BCUT2D eigenvalue weighted by Gasteiger charge is 2.17. The van der Waals surface area contributed by atoms with Crippen LogP contribution < -0.4 is 15.4 Å².